The van der Waals surface area contributed by atoms with E-state index in [1.807, 2.05) is 6.07 Å². The van der Waals surface area contributed by atoms with E-state index in [4.69, 9.17) is 9.15 Å². The van der Waals surface area contributed by atoms with E-state index in [2.05, 4.69) is 10.6 Å². The van der Waals surface area contributed by atoms with Crippen molar-refractivity contribution in [2.45, 2.75) is 37.8 Å². The summed E-state index contributed by atoms with van der Waals surface area (Å²) in [5.74, 6) is 0.174. The van der Waals surface area contributed by atoms with Crippen molar-refractivity contribution >= 4 is 22.8 Å². The molecule has 7 heteroatoms. The van der Waals surface area contributed by atoms with Gasteiger partial charge in [0.2, 0.25) is 5.91 Å². The van der Waals surface area contributed by atoms with Gasteiger partial charge in [0.05, 0.1) is 0 Å². The second-order valence-corrected chi connectivity index (χ2v) is 7.73. The van der Waals surface area contributed by atoms with Gasteiger partial charge in [0, 0.05) is 37.6 Å². The second-order valence-electron chi connectivity index (χ2n) is 7.73. The smallest absolute Gasteiger partial charge is 0.349 e. The van der Waals surface area contributed by atoms with E-state index in [1.165, 1.54) is 0 Å². The molecule has 7 nitrogen and oxygen atoms in total. The molecule has 1 aromatic heterocycles. The predicted molar refractivity (Wildman–Crippen MR) is 103 cm³/mol. The number of carbonyl (C=O) groups excluding carboxylic acids is 2. The van der Waals surface area contributed by atoms with Crippen LogP contribution in [-0.4, -0.2) is 37.6 Å². The number of rotatable bonds is 4. The van der Waals surface area contributed by atoms with Crippen molar-refractivity contribution in [3.05, 3.63) is 46.3 Å². The first-order valence-electron chi connectivity index (χ1n) is 9.67. The van der Waals surface area contributed by atoms with E-state index in [0.29, 0.717) is 36.3 Å². The van der Waals surface area contributed by atoms with Gasteiger partial charge in [-0.2, -0.15) is 0 Å². The van der Waals surface area contributed by atoms with Gasteiger partial charge in [-0.3, -0.25) is 9.59 Å². The van der Waals surface area contributed by atoms with Crippen LogP contribution in [0.3, 0.4) is 0 Å². The number of fused-ring (bicyclic) bond motifs is 2. The SMILES string of the molecule is COCC1CC(=O)NC2CC(NC(=O)c3cc4ccccc4oc3=O)CCC12. The van der Waals surface area contributed by atoms with Crippen molar-refractivity contribution in [3.8, 4) is 0 Å². The Bertz CT molecular complexity index is 953. The Morgan fingerprint density at radius 2 is 2.11 bits per heavy atom. The summed E-state index contributed by atoms with van der Waals surface area (Å²) in [7, 11) is 1.66. The van der Waals surface area contributed by atoms with E-state index in [9.17, 15) is 14.4 Å². The highest BCUT2D eigenvalue weighted by molar-refractivity contribution is 5.96. The summed E-state index contributed by atoms with van der Waals surface area (Å²) in [6.45, 7) is 0.573. The number of piperidine rings is 1. The van der Waals surface area contributed by atoms with Crippen molar-refractivity contribution < 1.29 is 18.7 Å². The Balaban J connectivity index is 1.47. The highest BCUT2D eigenvalue weighted by Gasteiger charge is 2.41. The molecule has 0 spiro atoms. The van der Waals surface area contributed by atoms with Crippen LogP contribution in [0.2, 0.25) is 0 Å². The molecule has 1 saturated carbocycles. The van der Waals surface area contributed by atoms with Gasteiger partial charge in [-0.05, 0) is 43.2 Å². The van der Waals surface area contributed by atoms with Crippen LogP contribution in [0.25, 0.3) is 11.0 Å². The van der Waals surface area contributed by atoms with Gasteiger partial charge in [0.15, 0.2) is 0 Å². The zero-order valence-electron chi connectivity index (χ0n) is 15.8. The first-order chi connectivity index (χ1) is 13.5. The largest absolute Gasteiger partial charge is 0.422 e. The Kier molecular flexibility index (Phi) is 5.17. The minimum absolute atomic E-state index is 0.00534. The molecule has 2 aliphatic rings. The molecule has 2 aromatic rings. The second kappa shape index (κ2) is 7.75. The van der Waals surface area contributed by atoms with Gasteiger partial charge in [0.1, 0.15) is 11.1 Å². The topological polar surface area (TPSA) is 97.6 Å². The molecular weight excluding hydrogens is 360 g/mol. The van der Waals surface area contributed by atoms with Crippen LogP contribution in [0.15, 0.2) is 39.5 Å². The van der Waals surface area contributed by atoms with Crippen molar-refractivity contribution in [2.75, 3.05) is 13.7 Å². The number of hydrogen-bond donors (Lipinski definition) is 2. The van der Waals surface area contributed by atoms with E-state index < -0.39 is 11.5 Å². The molecule has 2 N–H and O–H groups in total. The third-order valence-corrected chi connectivity index (χ3v) is 5.91. The summed E-state index contributed by atoms with van der Waals surface area (Å²) < 4.78 is 10.5. The first-order valence-corrected chi connectivity index (χ1v) is 9.67. The fourth-order valence-electron chi connectivity index (χ4n) is 4.59. The van der Waals surface area contributed by atoms with Crippen LogP contribution in [0.1, 0.15) is 36.0 Å². The van der Waals surface area contributed by atoms with Gasteiger partial charge in [-0.15, -0.1) is 0 Å². The molecule has 0 bridgehead atoms. The number of hydrogen-bond acceptors (Lipinski definition) is 5. The maximum Gasteiger partial charge on any atom is 0.349 e. The maximum atomic E-state index is 12.7. The molecule has 4 rings (SSSR count). The van der Waals surface area contributed by atoms with Crippen molar-refractivity contribution in [2.24, 2.45) is 11.8 Å². The van der Waals surface area contributed by atoms with E-state index in [-0.39, 0.29) is 29.5 Å². The van der Waals surface area contributed by atoms with Crippen molar-refractivity contribution in [1.29, 1.82) is 0 Å². The highest BCUT2D eigenvalue weighted by atomic mass is 16.5. The molecule has 1 aromatic carbocycles. The molecular formula is C21H24N2O5. The Labute approximate surface area is 162 Å². The zero-order chi connectivity index (χ0) is 19.7. The van der Waals surface area contributed by atoms with Gasteiger partial charge < -0.3 is 19.8 Å². The number of para-hydroxylation sites is 1. The summed E-state index contributed by atoms with van der Waals surface area (Å²) in [5.41, 5.74) is -0.180. The number of amides is 2. The molecule has 4 atom stereocenters. The zero-order valence-corrected chi connectivity index (χ0v) is 15.8. The van der Waals surface area contributed by atoms with Crippen molar-refractivity contribution in [3.63, 3.8) is 0 Å². The van der Waals surface area contributed by atoms with E-state index in [1.54, 1.807) is 31.4 Å². The van der Waals surface area contributed by atoms with Gasteiger partial charge >= 0.3 is 5.63 Å². The molecule has 2 amide bonds. The molecule has 2 heterocycles. The van der Waals surface area contributed by atoms with Crippen LogP contribution in [0, 0.1) is 11.8 Å². The molecule has 0 radical (unpaired) electrons. The molecule has 2 fully saturated rings. The Morgan fingerprint density at radius 3 is 2.93 bits per heavy atom. The molecule has 4 unspecified atom stereocenters. The van der Waals surface area contributed by atoms with Crippen LogP contribution < -0.4 is 16.3 Å². The molecule has 1 saturated heterocycles. The monoisotopic (exact) mass is 384 g/mol. The first kappa shape index (κ1) is 18.7. The van der Waals surface area contributed by atoms with Crippen LogP contribution >= 0.6 is 0 Å². The lowest BCUT2D eigenvalue weighted by Gasteiger charge is -2.43. The van der Waals surface area contributed by atoms with Gasteiger partial charge in [-0.1, -0.05) is 18.2 Å². The Hall–Kier alpha value is -2.67. The molecule has 148 valence electrons. The van der Waals surface area contributed by atoms with Gasteiger partial charge in [0.25, 0.3) is 5.91 Å². The number of methoxy groups -OCH3 is 1. The Morgan fingerprint density at radius 1 is 1.29 bits per heavy atom. The summed E-state index contributed by atoms with van der Waals surface area (Å²) in [6, 6.07) is 8.59. The normalized spacial score (nSPS) is 27.1. The third kappa shape index (κ3) is 3.67. The third-order valence-electron chi connectivity index (χ3n) is 5.91. The fraction of sp³-hybridized carbons (Fsp3) is 0.476. The van der Waals surface area contributed by atoms with E-state index >= 15 is 0 Å². The minimum atomic E-state index is -0.643. The minimum Gasteiger partial charge on any atom is -0.422 e. The summed E-state index contributed by atoms with van der Waals surface area (Å²) >= 11 is 0. The lowest BCUT2D eigenvalue weighted by atomic mass is 9.71. The molecule has 1 aliphatic carbocycles. The molecule has 1 aliphatic heterocycles. The van der Waals surface area contributed by atoms with Crippen LogP contribution in [-0.2, 0) is 9.53 Å². The van der Waals surface area contributed by atoms with Crippen LogP contribution in [0.4, 0.5) is 0 Å². The molecule has 28 heavy (non-hydrogen) atoms. The fourth-order valence-corrected chi connectivity index (χ4v) is 4.59. The van der Waals surface area contributed by atoms with E-state index in [0.717, 1.165) is 12.8 Å². The highest BCUT2D eigenvalue weighted by Crippen LogP contribution is 2.35. The average molecular weight is 384 g/mol. The summed E-state index contributed by atoms with van der Waals surface area (Å²) in [6.07, 6.45) is 2.85. The van der Waals surface area contributed by atoms with Crippen molar-refractivity contribution in [1.82, 2.24) is 10.6 Å². The average Bonchev–Trinajstić information content (AvgIpc) is 2.67. The standard InChI is InChI=1S/C21H24N2O5/c1-27-11-13-9-19(24)23-17-10-14(6-7-15(13)17)22-20(25)16-8-12-4-2-3-5-18(12)28-21(16)26/h2-5,8,13-15,17H,6-7,9-11H2,1H3,(H,22,25)(H,23,24). The lowest BCUT2D eigenvalue weighted by Crippen LogP contribution is -2.56. The number of benzene rings is 1. The summed E-state index contributed by atoms with van der Waals surface area (Å²) in [5, 5.41) is 6.72. The maximum absolute atomic E-state index is 12.7. The number of carbonyl (C=O) groups is 2. The number of nitrogens with one attached hydrogen (secondary N) is 2. The predicted octanol–water partition coefficient (Wildman–Crippen LogP) is 1.84. The van der Waals surface area contributed by atoms with Crippen LogP contribution in [0.5, 0.6) is 0 Å². The quantitative estimate of drug-likeness (QED) is 0.784. The van der Waals surface area contributed by atoms with Gasteiger partial charge in [-0.25, -0.2) is 4.79 Å². The summed E-state index contributed by atoms with van der Waals surface area (Å²) in [4.78, 5) is 36.9. The number of ether oxygens (including phenoxy) is 1. The lowest BCUT2D eigenvalue weighted by molar-refractivity contribution is -0.128.